The molecule has 5 nitrogen and oxygen atoms in total. The molecule has 0 aliphatic rings. The number of rotatable bonds is 11. The first-order valence-electron chi connectivity index (χ1n) is 6.75. The smallest absolute Gasteiger partial charge is 0.460 e. The first-order valence-corrected chi connectivity index (χ1v) is 8.19. The van der Waals surface area contributed by atoms with Crippen molar-refractivity contribution < 1.29 is 31.3 Å². The maximum atomic E-state index is 12.8. The molecule has 0 unspecified atom stereocenters. The molecule has 0 spiro atoms. The summed E-state index contributed by atoms with van der Waals surface area (Å²) in [6.45, 7) is 1.84. The van der Waals surface area contributed by atoms with E-state index in [0.717, 1.165) is 32.1 Å². The average Bonchev–Trinajstić information content (AvgIpc) is 2.35. The summed E-state index contributed by atoms with van der Waals surface area (Å²) in [6, 6.07) is 0. The van der Waals surface area contributed by atoms with Gasteiger partial charge in [-0.25, -0.2) is 4.79 Å². The summed E-state index contributed by atoms with van der Waals surface area (Å²) in [5.74, 6) is -2.23. The fraction of sp³-hybridized carbons (Fsp3) is 0.917. The summed E-state index contributed by atoms with van der Waals surface area (Å²) in [6.07, 6.45) is 7.71. The third-order valence-corrected chi connectivity index (χ3v) is 3.61. The maximum absolute atomic E-state index is 12.8. The second-order valence-corrected chi connectivity index (χ2v) is 6.07. The van der Waals surface area contributed by atoms with Gasteiger partial charge in [0.05, 0.1) is 6.61 Å². The monoisotopic (exact) mass is 316 g/mol. The Bertz CT molecular complexity index is 381. The van der Waals surface area contributed by atoms with E-state index in [1.54, 1.807) is 0 Å². The van der Waals surface area contributed by atoms with Crippen LogP contribution in [0.1, 0.15) is 58.3 Å². The van der Waals surface area contributed by atoms with Crippen LogP contribution in [-0.2, 0) is 19.6 Å². The van der Waals surface area contributed by atoms with Crippen LogP contribution in [0.25, 0.3) is 0 Å². The number of unbranched alkanes of at least 4 members (excludes halogenated alkanes) is 7. The van der Waals surface area contributed by atoms with Gasteiger partial charge < -0.3 is 4.74 Å². The van der Waals surface area contributed by atoms with E-state index in [2.05, 4.69) is 11.7 Å². The Kier molecular flexibility index (Phi) is 8.88. The number of alkyl halides is 2. The molecule has 1 N–H and O–H groups in total. The molecule has 120 valence electrons. The van der Waals surface area contributed by atoms with Crippen molar-refractivity contribution in [3.05, 3.63) is 0 Å². The lowest BCUT2D eigenvalue weighted by Gasteiger charge is -2.11. The predicted molar refractivity (Wildman–Crippen MR) is 70.1 cm³/mol. The van der Waals surface area contributed by atoms with Crippen LogP contribution in [0.2, 0.25) is 0 Å². The van der Waals surface area contributed by atoms with Crippen LogP contribution in [0.4, 0.5) is 8.78 Å². The normalized spacial score (nSPS) is 12.4. The second kappa shape index (κ2) is 9.23. The standard InChI is InChI=1S/C12H22F2O5S/c1-2-3-4-5-6-7-8-9-10-19-11(15)12(13,14)20(16,17)18/h2-10H2,1H3,(H,16,17,18). The summed E-state index contributed by atoms with van der Waals surface area (Å²) in [4.78, 5) is 10.8. The number of halogens is 2. The average molecular weight is 316 g/mol. The third kappa shape index (κ3) is 7.14. The van der Waals surface area contributed by atoms with Gasteiger partial charge in [-0.1, -0.05) is 51.9 Å². The zero-order valence-electron chi connectivity index (χ0n) is 11.6. The van der Waals surface area contributed by atoms with Crippen LogP contribution in [-0.4, -0.2) is 30.8 Å². The number of carbonyl (C=O) groups excluding carboxylic acids is 1. The van der Waals surface area contributed by atoms with Crippen molar-refractivity contribution in [2.24, 2.45) is 0 Å². The quantitative estimate of drug-likeness (QED) is 0.360. The molecule has 0 aliphatic heterocycles. The highest BCUT2D eigenvalue weighted by atomic mass is 32.2. The summed E-state index contributed by atoms with van der Waals surface area (Å²) < 4.78 is 58.4. The number of esters is 1. The predicted octanol–water partition coefficient (Wildman–Crippen LogP) is 3.15. The molecule has 0 bridgehead atoms. The Morgan fingerprint density at radius 1 is 1.05 bits per heavy atom. The first kappa shape index (κ1) is 19.2. The molecule has 0 fully saturated rings. The van der Waals surface area contributed by atoms with Crippen LogP contribution in [0.15, 0.2) is 0 Å². The molecule has 0 aliphatic carbocycles. The molecule has 0 aromatic carbocycles. The van der Waals surface area contributed by atoms with Crippen molar-refractivity contribution in [3.63, 3.8) is 0 Å². The molecular weight excluding hydrogens is 294 g/mol. The minimum atomic E-state index is -5.77. The van der Waals surface area contributed by atoms with E-state index >= 15 is 0 Å². The molecule has 0 saturated heterocycles. The fourth-order valence-electron chi connectivity index (χ4n) is 1.59. The highest BCUT2D eigenvalue weighted by molar-refractivity contribution is 7.87. The topological polar surface area (TPSA) is 80.7 Å². The van der Waals surface area contributed by atoms with Crippen LogP contribution in [0.5, 0.6) is 0 Å². The molecule has 0 amide bonds. The van der Waals surface area contributed by atoms with Gasteiger partial charge >= 0.3 is 21.3 Å². The van der Waals surface area contributed by atoms with E-state index in [1.807, 2.05) is 0 Å². The summed E-state index contributed by atoms with van der Waals surface area (Å²) in [5.41, 5.74) is 0. The lowest BCUT2D eigenvalue weighted by Crippen LogP contribution is -2.39. The van der Waals surface area contributed by atoms with Gasteiger partial charge in [-0.3, -0.25) is 4.55 Å². The van der Waals surface area contributed by atoms with Crippen LogP contribution in [0, 0.1) is 0 Å². The number of ether oxygens (including phenoxy) is 1. The van der Waals surface area contributed by atoms with Gasteiger partial charge in [0.1, 0.15) is 0 Å². The van der Waals surface area contributed by atoms with Gasteiger partial charge in [0, 0.05) is 0 Å². The van der Waals surface area contributed by atoms with Crippen LogP contribution in [0.3, 0.4) is 0 Å². The number of hydrogen-bond donors (Lipinski definition) is 1. The zero-order chi connectivity index (χ0) is 15.6. The van der Waals surface area contributed by atoms with E-state index in [0.29, 0.717) is 6.42 Å². The lowest BCUT2D eigenvalue weighted by atomic mass is 10.1. The molecular formula is C12H22F2O5S. The SMILES string of the molecule is CCCCCCCCCCOC(=O)C(F)(F)S(=O)(=O)O. The first-order chi connectivity index (χ1) is 9.23. The molecule has 0 atom stereocenters. The molecule has 0 rings (SSSR count). The van der Waals surface area contributed by atoms with E-state index in [9.17, 15) is 22.0 Å². The number of hydrogen-bond acceptors (Lipinski definition) is 4. The van der Waals surface area contributed by atoms with Crippen molar-refractivity contribution in [2.45, 2.75) is 63.5 Å². The summed E-state index contributed by atoms with van der Waals surface area (Å²) >= 11 is 0. The minimum Gasteiger partial charge on any atom is -0.460 e. The van der Waals surface area contributed by atoms with Gasteiger partial charge in [0.2, 0.25) is 0 Å². The Labute approximate surface area is 118 Å². The molecule has 0 aromatic rings. The van der Waals surface area contributed by atoms with Crippen molar-refractivity contribution in [1.29, 1.82) is 0 Å². The molecule has 8 heteroatoms. The molecule has 0 aromatic heterocycles. The van der Waals surface area contributed by atoms with Crippen LogP contribution >= 0.6 is 0 Å². The van der Waals surface area contributed by atoms with Crippen molar-refractivity contribution in [1.82, 2.24) is 0 Å². The minimum absolute atomic E-state index is 0.279. The van der Waals surface area contributed by atoms with Crippen molar-refractivity contribution in [2.75, 3.05) is 6.61 Å². The van der Waals surface area contributed by atoms with E-state index < -0.39 is 21.3 Å². The molecule has 0 radical (unpaired) electrons. The van der Waals surface area contributed by atoms with Crippen LogP contribution < -0.4 is 0 Å². The Balaban J connectivity index is 3.69. The van der Waals surface area contributed by atoms with Gasteiger partial charge in [-0.2, -0.15) is 17.2 Å². The van der Waals surface area contributed by atoms with Gasteiger partial charge in [0.25, 0.3) is 0 Å². The fourth-order valence-corrected chi connectivity index (χ4v) is 1.86. The summed E-state index contributed by atoms with van der Waals surface area (Å²) in [5, 5.41) is -4.90. The number of carbonyl (C=O) groups is 1. The lowest BCUT2D eigenvalue weighted by molar-refractivity contribution is -0.161. The van der Waals surface area contributed by atoms with Gasteiger partial charge in [-0.05, 0) is 6.42 Å². The van der Waals surface area contributed by atoms with Crippen molar-refractivity contribution >= 4 is 16.1 Å². The Morgan fingerprint density at radius 3 is 1.95 bits per heavy atom. The second-order valence-electron chi connectivity index (χ2n) is 4.60. The third-order valence-electron chi connectivity index (χ3n) is 2.79. The van der Waals surface area contributed by atoms with E-state index in [4.69, 9.17) is 4.55 Å². The van der Waals surface area contributed by atoms with Gasteiger partial charge in [-0.15, -0.1) is 0 Å². The maximum Gasteiger partial charge on any atom is 0.465 e. The van der Waals surface area contributed by atoms with E-state index in [-0.39, 0.29) is 6.61 Å². The molecule has 0 saturated carbocycles. The highest BCUT2D eigenvalue weighted by Gasteiger charge is 2.54. The zero-order valence-corrected chi connectivity index (χ0v) is 12.4. The largest absolute Gasteiger partial charge is 0.465 e. The Hall–Kier alpha value is -0.760. The Morgan fingerprint density at radius 2 is 1.50 bits per heavy atom. The highest BCUT2D eigenvalue weighted by Crippen LogP contribution is 2.22. The van der Waals surface area contributed by atoms with E-state index in [1.165, 1.54) is 12.8 Å². The summed E-state index contributed by atoms with van der Waals surface area (Å²) in [7, 11) is -5.77. The van der Waals surface area contributed by atoms with Crippen molar-refractivity contribution in [3.8, 4) is 0 Å². The molecule has 0 heterocycles. The van der Waals surface area contributed by atoms with Gasteiger partial charge in [0.15, 0.2) is 0 Å². The molecule has 20 heavy (non-hydrogen) atoms.